The first-order chi connectivity index (χ1) is 18.4. The van der Waals surface area contributed by atoms with E-state index in [0.717, 1.165) is 0 Å². The van der Waals surface area contributed by atoms with Gasteiger partial charge in [0.25, 0.3) is 0 Å². The Kier molecular flexibility index (Phi) is 19.1. The summed E-state index contributed by atoms with van der Waals surface area (Å²) in [5.74, 6) is -0.291. The maximum atomic E-state index is 11.2. The predicted octanol–water partition coefficient (Wildman–Crippen LogP) is 1.56. The molecule has 0 amide bonds. The Balaban J connectivity index is 1.96. The molecule has 0 aliphatic rings. The SMILES string of the molecule is CC(=O)CC(=O)OCCOCCOCCOc1cccc(OCCOCCOCCOC(=O)CC(C)=O)c1. The van der Waals surface area contributed by atoms with Crippen molar-refractivity contribution in [2.45, 2.75) is 26.7 Å². The quantitative estimate of drug-likeness (QED) is 0.106. The van der Waals surface area contributed by atoms with Crippen LogP contribution in [0.3, 0.4) is 0 Å². The number of benzene rings is 1. The third kappa shape index (κ3) is 20.0. The molecule has 0 atom stereocenters. The van der Waals surface area contributed by atoms with Gasteiger partial charge >= 0.3 is 11.9 Å². The predicted molar refractivity (Wildman–Crippen MR) is 133 cm³/mol. The molecule has 0 aliphatic carbocycles. The number of esters is 2. The van der Waals surface area contributed by atoms with E-state index in [1.807, 2.05) is 18.2 Å². The maximum Gasteiger partial charge on any atom is 0.313 e. The number of carbonyl (C=O) groups excluding carboxylic acids is 4. The standard InChI is InChI=1S/C26H38O12/c1-21(27)18-25(29)37-16-12-33-8-6-31-10-14-35-23-4-3-5-24(20-23)36-15-11-32-7-9-34-13-17-38-26(30)19-22(2)28/h3-5,20H,6-19H2,1-2H3. The lowest BCUT2D eigenvalue weighted by Crippen LogP contribution is -2.15. The fourth-order valence-electron chi connectivity index (χ4n) is 2.67. The molecule has 1 aromatic rings. The van der Waals surface area contributed by atoms with Gasteiger partial charge in [0.2, 0.25) is 0 Å². The van der Waals surface area contributed by atoms with Gasteiger partial charge in [0.05, 0.1) is 52.9 Å². The number of carbonyl (C=O) groups is 4. The lowest BCUT2D eigenvalue weighted by molar-refractivity contribution is -0.148. The van der Waals surface area contributed by atoms with Gasteiger partial charge in [-0.3, -0.25) is 19.2 Å². The Hall–Kier alpha value is -3.06. The smallest absolute Gasteiger partial charge is 0.313 e. The molecule has 1 aromatic carbocycles. The van der Waals surface area contributed by atoms with E-state index in [0.29, 0.717) is 64.4 Å². The van der Waals surface area contributed by atoms with Gasteiger partial charge in [-0.1, -0.05) is 6.07 Å². The number of hydrogen-bond acceptors (Lipinski definition) is 12. The van der Waals surface area contributed by atoms with Crippen molar-refractivity contribution >= 4 is 23.5 Å². The minimum atomic E-state index is -0.554. The second-order valence-electron chi connectivity index (χ2n) is 7.82. The maximum absolute atomic E-state index is 11.2. The molecule has 12 nitrogen and oxygen atoms in total. The van der Waals surface area contributed by atoms with Gasteiger partial charge in [0.15, 0.2) is 0 Å². The van der Waals surface area contributed by atoms with Crippen LogP contribution in [0.5, 0.6) is 11.5 Å². The van der Waals surface area contributed by atoms with E-state index in [9.17, 15) is 19.2 Å². The molecule has 0 radical (unpaired) electrons. The molecule has 0 heterocycles. The fourth-order valence-corrected chi connectivity index (χ4v) is 2.67. The number of rotatable bonds is 24. The monoisotopic (exact) mass is 542 g/mol. The van der Waals surface area contributed by atoms with Crippen molar-refractivity contribution in [3.05, 3.63) is 24.3 Å². The van der Waals surface area contributed by atoms with Crippen molar-refractivity contribution in [3.63, 3.8) is 0 Å². The van der Waals surface area contributed by atoms with Crippen molar-refractivity contribution in [2.75, 3.05) is 79.3 Å². The van der Waals surface area contributed by atoms with Gasteiger partial charge in [0, 0.05) is 6.07 Å². The van der Waals surface area contributed by atoms with Gasteiger partial charge in [-0.05, 0) is 26.0 Å². The highest BCUT2D eigenvalue weighted by molar-refractivity contribution is 5.94. The summed E-state index contributed by atoms with van der Waals surface area (Å²) in [5.41, 5.74) is 0. The molecule has 0 unspecified atom stereocenters. The van der Waals surface area contributed by atoms with Crippen LogP contribution in [0.2, 0.25) is 0 Å². The van der Waals surface area contributed by atoms with E-state index in [2.05, 4.69) is 0 Å². The highest BCUT2D eigenvalue weighted by atomic mass is 16.6. The summed E-state index contributed by atoms with van der Waals surface area (Å²) in [6.07, 6.45) is -0.449. The normalized spacial score (nSPS) is 10.6. The molecular weight excluding hydrogens is 504 g/mol. The molecule has 0 spiro atoms. The summed E-state index contributed by atoms with van der Waals surface area (Å²) >= 11 is 0. The fraction of sp³-hybridized carbons (Fsp3) is 0.615. The van der Waals surface area contributed by atoms with Crippen molar-refractivity contribution in [2.24, 2.45) is 0 Å². The second-order valence-corrected chi connectivity index (χ2v) is 7.82. The van der Waals surface area contributed by atoms with Crippen LogP contribution in [0.1, 0.15) is 26.7 Å². The van der Waals surface area contributed by atoms with Crippen LogP contribution in [0.15, 0.2) is 24.3 Å². The van der Waals surface area contributed by atoms with Gasteiger partial charge in [-0.25, -0.2) is 0 Å². The molecule has 1 rings (SSSR count). The highest BCUT2D eigenvalue weighted by Gasteiger charge is 2.06. The summed E-state index contributed by atoms with van der Waals surface area (Å²) in [5, 5.41) is 0. The van der Waals surface area contributed by atoms with Crippen LogP contribution in [0, 0.1) is 0 Å². The molecule has 0 fully saturated rings. The molecule has 0 saturated heterocycles. The molecule has 0 saturated carbocycles. The average molecular weight is 543 g/mol. The van der Waals surface area contributed by atoms with E-state index in [1.165, 1.54) is 13.8 Å². The zero-order valence-corrected chi connectivity index (χ0v) is 22.1. The second kappa shape index (κ2) is 22.0. The Morgan fingerprint density at radius 2 is 0.868 bits per heavy atom. The van der Waals surface area contributed by atoms with E-state index in [4.69, 9.17) is 37.9 Å². The van der Waals surface area contributed by atoms with Crippen LogP contribution >= 0.6 is 0 Å². The lowest BCUT2D eigenvalue weighted by atomic mass is 10.3. The van der Waals surface area contributed by atoms with Gasteiger partial charge in [-0.2, -0.15) is 0 Å². The number of Topliss-reactive ketones (excluding diaryl/α,β-unsaturated/α-hetero) is 2. The van der Waals surface area contributed by atoms with Crippen molar-refractivity contribution in [1.82, 2.24) is 0 Å². The Morgan fingerprint density at radius 1 is 0.526 bits per heavy atom. The average Bonchev–Trinajstić information content (AvgIpc) is 2.85. The van der Waals surface area contributed by atoms with Crippen molar-refractivity contribution < 1.29 is 57.1 Å². The largest absolute Gasteiger partial charge is 0.491 e. The summed E-state index contributed by atoms with van der Waals surface area (Å²) < 4.78 is 42.4. The molecule has 0 aromatic heterocycles. The minimum Gasteiger partial charge on any atom is -0.491 e. The first-order valence-electron chi connectivity index (χ1n) is 12.3. The molecule has 0 N–H and O–H groups in total. The zero-order valence-electron chi connectivity index (χ0n) is 22.1. The van der Waals surface area contributed by atoms with E-state index in [-0.39, 0.29) is 50.8 Å². The topological polar surface area (TPSA) is 142 Å². The van der Waals surface area contributed by atoms with Crippen LogP contribution in [0.4, 0.5) is 0 Å². The number of hydrogen-bond donors (Lipinski definition) is 0. The highest BCUT2D eigenvalue weighted by Crippen LogP contribution is 2.19. The lowest BCUT2D eigenvalue weighted by Gasteiger charge is -2.11. The van der Waals surface area contributed by atoms with Crippen molar-refractivity contribution in [1.29, 1.82) is 0 Å². The molecule has 38 heavy (non-hydrogen) atoms. The van der Waals surface area contributed by atoms with E-state index >= 15 is 0 Å². The summed E-state index contributed by atoms with van der Waals surface area (Å²) in [4.78, 5) is 43.9. The number of ether oxygens (including phenoxy) is 8. The molecule has 0 aliphatic heterocycles. The van der Waals surface area contributed by atoms with Gasteiger partial charge < -0.3 is 37.9 Å². The molecular formula is C26H38O12. The zero-order chi connectivity index (χ0) is 27.8. The van der Waals surface area contributed by atoms with Crippen LogP contribution in [-0.4, -0.2) is 103 Å². The number of ketones is 2. The summed E-state index contributed by atoms with van der Waals surface area (Å²) in [6, 6.07) is 7.22. The van der Waals surface area contributed by atoms with Crippen LogP contribution < -0.4 is 9.47 Å². The summed E-state index contributed by atoms with van der Waals surface area (Å²) in [7, 11) is 0. The third-order valence-electron chi connectivity index (χ3n) is 4.31. The van der Waals surface area contributed by atoms with Gasteiger partial charge in [-0.15, -0.1) is 0 Å². The third-order valence-corrected chi connectivity index (χ3v) is 4.31. The summed E-state index contributed by atoms with van der Waals surface area (Å²) in [6.45, 7) is 6.20. The molecule has 214 valence electrons. The molecule has 12 heteroatoms. The van der Waals surface area contributed by atoms with Crippen molar-refractivity contribution in [3.8, 4) is 11.5 Å². The Bertz CT molecular complexity index is 763. The van der Waals surface area contributed by atoms with E-state index in [1.54, 1.807) is 6.07 Å². The van der Waals surface area contributed by atoms with Crippen LogP contribution in [-0.2, 0) is 47.6 Å². The van der Waals surface area contributed by atoms with Gasteiger partial charge in [0.1, 0.15) is 62.3 Å². The Morgan fingerprint density at radius 3 is 1.24 bits per heavy atom. The molecule has 0 bridgehead atoms. The Labute approximate surface area is 222 Å². The first-order valence-corrected chi connectivity index (χ1v) is 12.3. The van der Waals surface area contributed by atoms with E-state index < -0.39 is 11.9 Å². The van der Waals surface area contributed by atoms with Crippen LogP contribution in [0.25, 0.3) is 0 Å². The minimum absolute atomic E-state index is 0.0961. The first kappa shape index (κ1) is 33.0.